The van der Waals surface area contributed by atoms with Gasteiger partial charge in [-0.3, -0.25) is 4.79 Å². The minimum Gasteiger partial charge on any atom is -0.318 e. The summed E-state index contributed by atoms with van der Waals surface area (Å²) in [5.41, 5.74) is 6.53. The first-order valence-corrected chi connectivity index (χ1v) is 5.25. The second-order valence-corrected chi connectivity index (χ2v) is 4.37. The molecule has 1 aliphatic heterocycles. The first kappa shape index (κ1) is 9.68. The smallest absolute Gasteiger partial charge is 0.246 e. The Labute approximate surface area is 91.0 Å². The Kier molecular flexibility index (Phi) is 2.33. The van der Waals surface area contributed by atoms with E-state index in [9.17, 15) is 4.79 Å². The molecule has 1 saturated heterocycles. The van der Waals surface area contributed by atoms with Gasteiger partial charge in [-0.15, -0.1) is 0 Å². The number of hydrogen-bond donors (Lipinski definition) is 1. The van der Waals surface area contributed by atoms with Crippen molar-refractivity contribution in [3.8, 4) is 0 Å². The summed E-state index contributed by atoms with van der Waals surface area (Å²) in [4.78, 5) is 13.2. The summed E-state index contributed by atoms with van der Waals surface area (Å²) in [6.07, 6.45) is 0. The molecule has 4 heteroatoms. The quantitative estimate of drug-likeness (QED) is 0.773. The maximum atomic E-state index is 11.5. The van der Waals surface area contributed by atoms with Crippen LogP contribution in [0, 0.1) is 0 Å². The van der Waals surface area contributed by atoms with Gasteiger partial charge in [0, 0.05) is 10.2 Å². The molecule has 0 radical (unpaired) electrons. The lowest BCUT2D eigenvalue weighted by molar-refractivity contribution is -0.125. The number of nitrogens with zero attached hydrogens (tertiary/aromatic N) is 1. The molecule has 2 N–H and O–H groups in total. The summed E-state index contributed by atoms with van der Waals surface area (Å²) in [6.45, 7) is 1.95. The molecule has 2 atom stereocenters. The van der Waals surface area contributed by atoms with Crippen LogP contribution < -0.4 is 10.6 Å². The van der Waals surface area contributed by atoms with E-state index in [1.54, 1.807) is 4.90 Å². The molecular weight excluding hydrogens is 244 g/mol. The molecule has 0 bridgehead atoms. The highest BCUT2D eigenvalue weighted by molar-refractivity contribution is 9.10. The van der Waals surface area contributed by atoms with Crippen LogP contribution in [0.25, 0.3) is 0 Å². The molecule has 1 aromatic rings. The molecule has 3 nitrogen and oxygen atoms in total. The van der Waals surface area contributed by atoms with Crippen LogP contribution in [-0.4, -0.2) is 18.0 Å². The second-order valence-electron chi connectivity index (χ2n) is 3.45. The van der Waals surface area contributed by atoms with Gasteiger partial charge in [0.25, 0.3) is 0 Å². The van der Waals surface area contributed by atoms with Crippen LogP contribution in [0.1, 0.15) is 6.92 Å². The second kappa shape index (κ2) is 3.37. The maximum absolute atomic E-state index is 11.5. The topological polar surface area (TPSA) is 46.3 Å². The predicted octanol–water partition coefficient (Wildman–Crippen LogP) is 1.51. The molecule has 2 rings (SSSR count). The highest BCUT2D eigenvalue weighted by atomic mass is 79.9. The number of β-lactam (4-membered cyclic amide) rings is 1. The van der Waals surface area contributed by atoms with Crippen molar-refractivity contribution in [1.82, 2.24) is 0 Å². The molecule has 1 aromatic carbocycles. The molecule has 1 amide bonds. The zero-order chi connectivity index (χ0) is 10.3. The van der Waals surface area contributed by atoms with Crippen LogP contribution in [0.3, 0.4) is 0 Å². The van der Waals surface area contributed by atoms with Crippen molar-refractivity contribution < 1.29 is 4.79 Å². The minimum absolute atomic E-state index is 0.00407. The van der Waals surface area contributed by atoms with Gasteiger partial charge in [-0.1, -0.05) is 22.0 Å². The average molecular weight is 255 g/mol. The van der Waals surface area contributed by atoms with E-state index < -0.39 is 0 Å². The normalized spacial score (nSPS) is 26.2. The molecule has 14 heavy (non-hydrogen) atoms. The standard InChI is InChI=1S/C10H11BrN2O/c1-6-9(12)10(14)13(6)8-4-2-3-7(11)5-8/h2-6,9H,12H2,1H3/t6-,9-/m1/s1. The largest absolute Gasteiger partial charge is 0.318 e. The van der Waals surface area contributed by atoms with E-state index >= 15 is 0 Å². The van der Waals surface area contributed by atoms with Crippen LogP contribution in [0.2, 0.25) is 0 Å². The van der Waals surface area contributed by atoms with Gasteiger partial charge in [-0.05, 0) is 25.1 Å². The molecule has 1 fully saturated rings. The summed E-state index contributed by atoms with van der Waals surface area (Å²) < 4.78 is 0.968. The lowest BCUT2D eigenvalue weighted by atomic mass is 9.97. The number of amides is 1. The van der Waals surface area contributed by atoms with Gasteiger partial charge >= 0.3 is 0 Å². The lowest BCUT2D eigenvalue weighted by Gasteiger charge is -2.43. The van der Waals surface area contributed by atoms with Gasteiger partial charge in [0.2, 0.25) is 5.91 Å². The van der Waals surface area contributed by atoms with Crippen molar-refractivity contribution >= 4 is 27.5 Å². The number of benzene rings is 1. The molecule has 0 aliphatic carbocycles. The maximum Gasteiger partial charge on any atom is 0.246 e. The third-order valence-electron chi connectivity index (χ3n) is 2.54. The van der Waals surface area contributed by atoms with E-state index in [2.05, 4.69) is 15.9 Å². The zero-order valence-electron chi connectivity index (χ0n) is 7.77. The summed E-state index contributed by atoms with van der Waals surface area (Å²) in [5, 5.41) is 0. The van der Waals surface area contributed by atoms with Gasteiger partial charge in [0.1, 0.15) is 6.04 Å². The van der Waals surface area contributed by atoms with E-state index in [1.165, 1.54) is 0 Å². The van der Waals surface area contributed by atoms with Crippen molar-refractivity contribution in [2.75, 3.05) is 4.90 Å². The molecule has 0 aromatic heterocycles. The SMILES string of the molecule is C[C@@H]1[C@@H](N)C(=O)N1c1cccc(Br)c1. The van der Waals surface area contributed by atoms with Gasteiger partial charge in [-0.25, -0.2) is 0 Å². The van der Waals surface area contributed by atoms with Crippen LogP contribution >= 0.6 is 15.9 Å². The van der Waals surface area contributed by atoms with Crippen molar-refractivity contribution in [1.29, 1.82) is 0 Å². The fraction of sp³-hybridized carbons (Fsp3) is 0.300. The summed E-state index contributed by atoms with van der Waals surface area (Å²) in [6, 6.07) is 7.42. The monoisotopic (exact) mass is 254 g/mol. The Hall–Kier alpha value is -0.870. The minimum atomic E-state index is -0.339. The molecule has 1 heterocycles. The van der Waals surface area contributed by atoms with Crippen molar-refractivity contribution in [2.24, 2.45) is 5.73 Å². The Morgan fingerprint density at radius 3 is 2.79 bits per heavy atom. The third-order valence-corrected chi connectivity index (χ3v) is 3.03. The van der Waals surface area contributed by atoms with Crippen molar-refractivity contribution in [3.63, 3.8) is 0 Å². The summed E-state index contributed by atoms with van der Waals surface area (Å²) >= 11 is 3.37. The summed E-state index contributed by atoms with van der Waals surface area (Å²) in [5.74, 6) is -0.00407. The average Bonchev–Trinajstić information content (AvgIpc) is 2.18. The Balaban J connectivity index is 2.29. The molecule has 1 aliphatic rings. The number of carbonyl (C=O) groups excluding carboxylic acids is 1. The first-order chi connectivity index (χ1) is 6.61. The Morgan fingerprint density at radius 2 is 2.21 bits per heavy atom. The van der Waals surface area contributed by atoms with E-state index in [4.69, 9.17) is 5.73 Å². The number of hydrogen-bond acceptors (Lipinski definition) is 2. The fourth-order valence-electron chi connectivity index (χ4n) is 1.63. The number of nitrogens with two attached hydrogens (primary N) is 1. The van der Waals surface area contributed by atoms with Crippen LogP contribution in [-0.2, 0) is 4.79 Å². The number of anilines is 1. The number of carbonyl (C=O) groups is 1. The lowest BCUT2D eigenvalue weighted by Crippen LogP contribution is -2.67. The van der Waals surface area contributed by atoms with Gasteiger partial charge in [0.15, 0.2) is 0 Å². The van der Waals surface area contributed by atoms with Gasteiger partial charge < -0.3 is 10.6 Å². The van der Waals surface area contributed by atoms with Crippen LogP contribution in [0.15, 0.2) is 28.7 Å². The first-order valence-electron chi connectivity index (χ1n) is 4.45. The molecule has 0 unspecified atom stereocenters. The Bertz CT molecular complexity index is 380. The van der Waals surface area contributed by atoms with Crippen LogP contribution in [0.4, 0.5) is 5.69 Å². The van der Waals surface area contributed by atoms with E-state index in [0.29, 0.717) is 0 Å². The zero-order valence-corrected chi connectivity index (χ0v) is 9.36. The number of halogens is 1. The van der Waals surface area contributed by atoms with Crippen molar-refractivity contribution in [2.45, 2.75) is 19.0 Å². The molecule has 74 valence electrons. The van der Waals surface area contributed by atoms with Gasteiger partial charge in [0.05, 0.1) is 6.04 Å². The third kappa shape index (κ3) is 1.35. The summed E-state index contributed by atoms with van der Waals surface area (Å²) in [7, 11) is 0. The number of rotatable bonds is 1. The highest BCUT2D eigenvalue weighted by Gasteiger charge is 2.42. The van der Waals surface area contributed by atoms with E-state index in [1.807, 2.05) is 31.2 Å². The predicted molar refractivity (Wildman–Crippen MR) is 59.1 cm³/mol. The highest BCUT2D eigenvalue weighted by Crippen LogP contribution is 2.28. The van der Waals surface area contributed by atoms with Gasteiger partial charge in [-0.2, -0.15) is 0 Å². The molecule has 0 spiro atoms. The van der Waals surface area contributed by atoms with E-state index in [-0.39, 0.29) is 18.0 Å². The van der Waals surface area contributed by atoms with E-state index in [0.717, 1.165) is 10.2 Å². The molecule has 0 saturated carbocycles. The van der Waals surface area contributed by atoms with Crippen LogP contribution in [0.5, 0.6) is 0 Å². The van der Waals surface area contributed by atoms with Crippen molar-refractivity contribution in [3.05, 3.63) is 28.7 Å². The fourth-order valence-corrected chi connectivity index (χ4v) is 2.02. The Morgan fingerprint density at radius 1 is 1.50 bits per heavy atom. The molecular formula is C10H11BrN2O.